The molecule has 1 aliphatic rings. The molecule has 4 nitrogen and oxygen atoms in total. The summed E-state index contributed by atoms with van der Waals surface area (Å²) < 4.78 is 0. The summed E-state index contributed by atoms with van der Waals surface area (Å²) in [7, 11) is 0. The van der Waals surface area contributed by atoms with Crippen LogP contribution in [-0.2, 0) is 9.59 Å². The van der Waals surface area contributed by atoms with Crippen LogP contribution in [0.1, 0.15) is 27.7 Å². The van der Waals surface area contributed by atoms with Crippen LogP contribution in [0.25, 0.3) is 0 Å². The first-order valence-electron chi connectivity index (χ1n) is 5.93. The Balaban J connectivity index is 2.47. The third kappa shape index (κ3) is 3.15. The van der Waals surface area contributed by atoms with Crippen LogP contribution < -0.4 is 5.32 Å². The van der Waals surface area contributed by atoms with Gasteiger partial charge in [0.25, 0.3) is 0 Å². The summed E-state index contributed by atoms with van der Waals surface area (Å²) in [5.74, 6) is -0.0139. The van der Waals surface area contributed by atoms with Gasteiger partial charge in [0.1, 0.15) is 0 Å². The van der Waals surface area contributed by atoms with E-state index in [4.69, 9.17) is 5.11 Å². The van der Waals surface area contributed by atoms with Gasteiger partial charge in [0.2, 0.25) is 5.91 Å². The van der Waals surface area contributed by atoms with Gasteiger partial charge in [-0.05, 0) is 18.1 Å². The molecule has 0 spiro atoms. The van der Waals surface area contributed by atoms with Crippen molar-refractivity contribution in [2.75, 3.05) is 11.5 Å². The molecule has 5 heteroatoms. The van der Waals surface area contributed by atoms with Gasteiger partial charge in [0, 0.05) is 11.8 Å². The maximum atomic E-state index is 11.9. The van der Waals surface area contributed by atoms with Crippen LogP contribution in [-0.4, -0.2) is 34.5 Å². The first-order chi connectivity index (χ1) is 7.82. The van der Waals surface area contributed by atoms with Crippen molar-refractivity contribution >= 4 is 23.6 Å². The molecule has 0 aromatic heterocycles. The van der Waals surface area contributed by atoms with Crippen molar-refractivity contribution in [2.24, 2.45) is 17.3 Å². The summed E-state index contributed by atoms with van der Waals surface area (Å²) in [6.45, 7) is 7.69. The van der Waals surface area contributed by atoms with E-state index < -0.39 is 17.3 Å². The summed E-state index contributed by atoms with van der Waals surface area (Å²) in [4.78, 5) is 22.9. The molecule has 3 atom stereocenters. The second-order valence-corrected chi connectivity index (χ2v) is 6.50. The molecule has 0 aromatic rings. The predicted octanol–water partition coefficient (Wildman–Crippen LogP) is 1.60. The maximum Gasteiger partial charge on any atom is 0.307 e. The molecular formula is C12H21NO3S. The average molecular weight is 259 g/mol. The van der Waals surface area contributed by atoms with Crippen molar-refractivity contribution in [1.82, 2.24) is 5.32 Å². The molecule has 0 radical (unpaired) electrons. The van der Waals surface area contributed by atoms with Gasteiger partial charge >= 0.3 is 5.97 Å². The van der Waals surface area contributed by atoms with Gasteiger partial charge in [-0.15, -0.1) is 0 Å². The van der Waals surface area contributed by atoms with Crippen LogP contribution in [0.2, 0.25) is 0 Å². The van der Waals surface area contributed by atoms with Crippen LogP contribution in [0, 0.1) is 17.3 Å². The van der Waals surface area contributed by atoms with E-state index in [0.29, 0.717) is 0 Å². The molecule has 0 aliphatic heterocycles. The van der Waals surface area contributed by atoms with E-state index in [-0.39, 0.29) is 17.9 Å². The normalized spacial score (nSPS) is 27.3. The Bertz CT molecular complexity index is 317. The molecule has 3 unspecified atom stereocenters. The minimum Gasteiger partial charge on any atom is -0.481 e. The van der Waals surface area contributed by atoms with Crippen LogP contribution in [0.4, 0.5) is 0 Å². The standard InChI is InChI=1S/C12H21NO3S/c1-5-17-6-7(2)13-10(14)8-9(11(15)16)12(8,3)4/h7-9H,5-6H2,1-4H3,(H,13,14)(H,15,16). The minimum absolute atomic E-state index is 0.0956. The van der Waals surface area contributed by atoms with Gasteiger partial charge in [-0.25, -0.2) is 0 Å². The van der Waals surface area contributed by atoms with E-state index in [1.165, 1.54) is 0 Å². The Hall–Kier alpha value is -0.710. The maximum absolute atomic E-state index is 11.9. The largest absolute Gasteiger partial charge is 0.481 e. The predicted molar refractivity (Wildman–Crippen MR) is 69.0 cm³/mol. The molecule has 2 N–H and O–H groups in total. The number of amides is 1. The Labute approximate surface area is 107 Å². The fourth-order valence-electron chi connectivity index (χ4n) is 2.26. The molecule has 1 rings (SSSR count). The number of carboxylic acids is 1. The van der Waals surface area contributed by atoms with Gasteiger partial charge in [-0.3, -0.25) is 9.59 Å². The van der Waals surface area contributed by atoms with Gasteiger partial charge in [-0.2, -0.15) is 11.8 Å². The number of nitrogens with one attached hydrogen (secondary N) is 1. The lowest BCUT2D eigenvalue weighted by Gasteiger charge is -2.13. The minimum atomic E-state index is -0.870. The first kappa shape index (κ1) is 14.4. The molecule has 1 aliphatic carbocycles. The van der Waals surface area contributed by atoms with Gasteiger partial charge in [-0.1, -0.05) is 20.8 Å². The average Bonchev–Trinajstić information content (AvgIpc) is 2.78. The molecule has 98 valence electrons. The van der Waals surface area contributed by atoms with Crippen LogP contribution in [0.5, 0.6) is 0 Å². The fraction of sp³-hybridized carbons (Fsp3) is 0.833. The molecule has 0 bridgehead atoms. The Morgan fingerprint density at radius 2 is 2.00 bits per heavy atom. The fourth-order valence-corrected chi connectivity index (χ4v) is 2.93. The van der Waals surface area contributed by atoms with Crippen molar-refractivity contribution in [3.8, 4) is 0 Å². The highest BCUT2D eigenvalue weighted by atomic mass is 32.2. The van der Waals surface area contributed by atoms with E-state index >= 15 is 0 Å². The third-order valence-corrected chi connectivity index (χ3v) is 4.48. The Kier molecular flexibility index (Phi) is 4.47. The highest BCUT2D eigenvalue weighted by molar-refractivity contribution is 7.99. The third-order valence-electron chi connectivity index (χ3n) is 3.34. The van der Waals surface area contributed by atoms with E-state index in [0.717, 1.165) is 11.5 Å². The van der Waals surface area contributed by atoms with Crippen molar-refractivity contribution in [3.63, 3.8) is 0 Å². The van der Waals surface area contributed by atoms with Crippen LogP contribution >= 0.6 is 11.8 Å². The molecular weight excluding hydrogens is 238 g/mol. The van der Waals surface area contributed by atoms with Crippen LogP contribution in [0.15, 0.2) is 0 Å². The van der Waals surface area contributed by atoms with Gasteiger partial charge < -0.3 is 10.4 Å². The molecule has 17 heavy (non-hydrogen) atoms. The highest BCUT2D eigenvalue weighted by Gasteiger charge is 2.65. The molecule has 1 saturated carbocycles. The number of hydrogen-bond donors (Lipinski definition) is 2. The topological polar surface area (TPSA) is 66.4 Å². The lowest BCUT2D eigenvalue weighted by Crippen LogP contribution is -2.36. The molecule has 1 fully saturated rings. The van der Waals surface area contributed by atoms with Crippen molar-refractivity contribution in [1.29, 1.82) is 0 Å². The van der Waals surface area contributed by atoms with E-state index in [9.17, 15) is 9.59 Å². The number of thioether (sulfide) groups is 1. The van der Waals surface area contributed by atoms with E-state index in [1.54, 1.807) is 11.8 Å². The zero-order valence-electron chi connectivity index (χ0n) is 10.8. The zero-order valence-corrected chi connectivity index (χ0v) is 11.6. The highest BCUT2D eigenvalue weighted by Crippen LogP contribution is 2.58. The Morgan fingerprint density at radius 3 is 2.41 bits per heavy atom. The van der Waals surface area contributed by atoms with Crippen molar-refractivity contribution in [3.05, 3.63) is 0 Å². The SMILES string of the molecule is CCSCC(C)NC(=O)C1C(C(=O)O)C1(C)C. The number of rotatable bonds is 6. The van der Waals surface area contributed by atoms with E-state index in [2.05, 4.69) is 12.2 Å². The number of hydrogen-bond acceptors (Lipinski definition) is 3. The summed E-state index contributed by atoms with van der Waals surface area (Å²) in [6.07, 6.45) is 0. The van der Waals surface area contributed by atoms with E-state index in [1.807, 2.05) is 20.8 Å². The first-order valence-corrected chi connectivity index (χ1v) is 7.08. The number of carbonyl (C=O) groups excluding carboxylic acids is 1. The molecule has 1 amide bonds. The molecule has 0 aromatic carbocycles. The monoisotopic (exact) mass is 259 g/mol. The van der Waals surface area contributed by atoms with Gasteiger partial charge in [0.05, 0.1) is 11.8 Å². The zero-order chi connectivity index (χ0) is 13.2. The quantitative estimate of drug-likeness (QED) is 0.760. The second kappa shape index (κ2) is 5.29. The van der Waals surface area contributed by atoms with Crippen molar-refractivity contribution < 1.29 is 14.7 Å². The van der Waals surface area contributed by atoms with Crippen molar-refractivity contribution in [2.45, 2.75) is 33.7 Å². The van der Waals surface area contributed by atoms with Gasteiger partial charge in [0.15, 0.2) is 0 Å². The summed E-state index contributed by atoms with van der Waals surface area (Å²) in [5.41, 5.74) is -0.409. The van der Waals surface area contributed by atoms with Crippen LogP contribution in [0.3, 0.4) is 0 Å². The molecule has 0 heterocycles. The summed E-state index contributed by atoms with van der Waals surface area (Å²) in [5, 5.41) is 11.9. The lowest BCUT2D eigenvalue weighted by molar-refractivity contribution is -0.140. The molecule has 0 saturated heterocycles. The summed E-state index contributed by atoms with van der Waals surface area (Å²) >= 11 is 1.77. The number of aliphatic carboxylic acids is 1. The smallest absolute Gasteiger partial charge is 0.307 e. The summed E-state index contributed by atoms with van der Waals surface area (Å²) in [6, 6.07) is 0.0956. The number of carboxylic acid groups (broad SMARTS) is 1. The lowest BCUT2D eigenvalue weighted by atomic mass is 10.1. The second-order valence-electron chi connectivity index (χ2n) is 5.18. The number of carbonyl (C=O) groups is 2. The Morgan fingerprint density at radius 1 is 1.41 bits per heavy atom.